The van der Waals surface area contributed by atoms with Crippen molar-refractivity contribution < 1.29 is 8.42 Å². The van der Waals surface area contributed by atoms with E-state index in [1.807, 2.05) is 37.3 Å². The maximum Gasteiger partial charge on any atom is 0.216 e. The molecule has 148 valence electrons. The lowest BCUT2D eigenvalue weighted by molar-refractivity contribution is 0.343. The average molecular weight is 413 g/mol. The van der Waals surface area contributed by atoms with Gasteiger partial charge in [-0.15, -0.1) is 11.3 Å². The molecule has 1 aromatic heterocycles. The van der Waals surface area contributed by atoms with Gasteiger partial charge in [-0.1, -0.05) is 70.2 Å². The summed E-state index contributed by atoms with van der Waals surface area (Å²) in [5, 5.41) is 0. The van der Waals surface area contributed by atoms with Crippen molar-refractivity contribution in [3.63, 3.8) is 0 Å². The minimum atomic E-state index is -3.60. The second-order valence-corrected chi connectivity index (χ2v) is 11.7. The number of rotatable bonds is 4. The predicted molar refractivity (Wildman–Crippen MR) is 119 cm³/mol. The van der Waals surface area contributed by atoms with Gasteiger partial charge in [0.15, 0.2) is 0 Å². The molecule has 0 fully saturated rings. The fourth-order valence-electron chi connectivity index (χ4n) is 3.37. The zero-order valence-electron chi connectivity index (χ0n) is 17.4. The topological polar surface area (TPSA) is 34.1 Å². The van der Waals surface area contributed by atoms with E-state index >= 15 is 0 Å². The van der Waals surface area contributed by atoms with Gasteiger partial charge in [0, 0.05) is 10.4 Å². The largest absolute Gasteiger partial charge is 0.218 e. The van der Waals surface area contributed by atoms with Crippen molar-refractivity contribution in [2.45, 2.75) is 56.6 Å². The van der Waals surface area contributed by atoms with Gasteiger partial charge in [0.1, 0.15) is 4.21 Å². The first kappa shape index (κ1) is 20.8. The van der Waals surface area contributed by atoms with Gasteiger partial charge in [0.25, 0.3) is 0 Å². The van der Waals surface area contributed by atoms with Crippen LogP contribution >= 0.6 is 11.3 Å². The van der Waals surface area contributed by atoms with E-state index in [4.69, 9.17) is 0 Å². The SMILES string of the molecule is Cc1ccccc1-c1c(S(=O)(=O)c2ccccc2)sc(C(C)C(C)(C)C)c1C. The number of sulfone groups is 1. The van der Waals surface area contributed by atoms with Crippen LogP contribution in [-0.2, 0) is 9.84 Å². The van der Waals surface area contributed by atoms with Gasteiger partial charge in [-0.25, -0.2) is 8.42 Å². The minimum Gasteiger partial charge on any atom is -0.218 e. The lowest BCUT2D eigenvalue weighted by Gasteiger charge is -2.27. The molecule has 0 aliphatic carbocycles. The molecule has 0 spiro atoms. The second kappa shape index (κ2) is 7.49. The first-order chi connectivity index (χ1) is 13.0. The van der Waals surface area contributed by atoms with Crippen LogP contribution in [0, 0.1) is 19.3 Å². The van der Waals surface area contributed by atoms with E-state index < -0.39 is 9.84 Å². The highest BCUT2D eigenvalue weighted by Crippen LogP contribution is 2.48. The molecule has 0 amide bonds. The fraction of sp³-hybridized carbons (Fsp3) is 0.333. The molecule has 0 saturated heterocycles. The predicted octanol–water partition coefficient (Wildman–Crippen LogP) is 7.01. The Morgan fingerprint density at radius 1 is 0.893 bits per heavy atom. The number of aryl methyl sites for hydroxylation is 1. The van der Waals surface area contributed by atoms with Crippen LogP contribution in [0.1, 0.15) is 49.6 Å². The van der Waals surface area contributed by atoms with E-state index in [-0.39, 0.29) is 11.3 Å². The summed E-state index contributed by atoms with van der Waals surface area (Å²) < 4.78 is 27.6. The summed E-state index contributed by atoms with van der Waals surface area (Å²) in [5.41, 5.74) is 4.07. The van der Waals surface area contributed by atoms with Crippen molar-refractivity contribution in [2.24, 2.45) is 5.41 Å². The van der Waals surface area contributed by atoms with Crippen LogP contribution in [0.4, 0.5) is 0 Å². The smallest absolute Gasteiger partial charge is 0.216 e. The van der Waals surface area contributed by atoms with Crippen molar-refractivity contribution in [2.75, 3.05) is 0 Å². The molecule has 0 saturated carbocycles. The molecule has 1 heterocycles. The molecule has 0 radical (unpaired) electrons. The van der Waals surface area contributed by atoms with Crippen molar-refractivity contribution in [1.29, 1.82) is 0 Å². The molecular formula is C24H28O2S2. The molecule has 1 atom stereocenters. The molecule has 0 bridgehead atoms. The molecule has 2 nitrogen and oxygen atoms in total. The molecule has 4 heteroatoms. The Balaban J connectivity index is 2.35. The van der Waals surface area contributed by atoms with Gasteiger partial charge in [-0.3, -0.25) is 0 Å². The standard InChI is InChI=1S/C24H28O2S2/c1-16-12-10-11-15-20(16)21-17(2)22(18(3)24(4,5)6)27-23(21)28(25,26)19-13-8-7-9-14-19/h7-15,18H,1-6H3. The zero-order chi connectivity index (χ0) is 20.7. The quantitative estimate of drug-likeness (QED) is 0.461. The van der Waals surface area contributed by atoms with E-state index in [1.165, 1.54) is 11.3 Å². The highest BCUT2D eigenvalue weighted by atomic mass is 32.2. The van der Waals surface area contributed by atoms with Gasteiger partial charge < -0.3 is 0 Å². The van der Waals surface area contributed by atoms with Crippen LogP contribution in [0.2, 0.25) is 0 Å². The first-order valence-electron chi connectivity index (χ1n) is 9.54. The minimum absolute atomic E-state index is 0.0480. The van der Waals surface area contributed by atoms with Gasteiger partial charge in [-0.05, 0) is 54.0 Å². The Hall–Kier alpha value is -1.91. The Morgan fingerprint density at radius 3 is 2.04 bits per heavy atom. The Bertz CT molecular complexity index is 1090. The second-order valence-electron chi connectivity index (χ2n) is 8.47. The Kier molecular flexibility index (Phi) is 5.57. The van der Waals surface area contributed by atoms with Crippen LogP contribution in [0.5, 0.6) is 0 Å². The van der Waals surface area contributed by atoms with E-state index in [0.29, 0.717) is 9.10 Å². The average Bonchev–Trinajstić information content (AvgIpc) is 2.99. The van der Waals surface area contributed by atoms with E-state index in [9.17, 15) is 8.42 Å². The van der Waals surface area contributed by atoms with Crippen LogP contribution in [0.15, 0.2) is 63.7 Å². The van der Waals surface area contributed by atoms with Crippen LogP contribution in [0.25, 0.3) is 11.1 Å². The fourth-order valence-corrected chi connectivity index (χ4v) is 6.98. The number of hydrogen-bond donors (Lipinski definition) is 0. The lowest BCUT2D eigenvalue weighted by Crippen LogP contribution is -2.14. The molecular weight excluding hydrogens is 384 g/mol. The molecule has 1 unspecified atom stereocenters. The Morgan fingerprint density at radius 2 is 1.46 bits per heavy atom. The molecule has 3 aromatic rings. The molecule has 2 aromatic carbocycles. The summed E-state index contributed by atoms with van der Waals surface area (Å²) >= 11 is 1.44. The molecule has 3 rings (SSSR count). The molecule has 0 aliphatic heterocycles. The summed E-state index contributed by atoms with van der Waals surface area (Å²) in [4.78, 5) is 1.50. The number of thiophene rings is 1. The van der Waals surface area contributed by atoms with Crippen molar-refractivity contribution in [1.82, 2.24) is 0 Å². The van der Waals surface area contributed by atoms with Crippen LogP contribution in [-0.4, -0.2) is 8.42 Å². The number of benzene rings is 2. The third-order valence-corrected chi connectivity index (χ3v) is 9.32. The summed E-state index contributed by atoms with van der Waals surface area (Å²) in [6, 6.07) is 16.8. The number of hydrogen-bond acceptors (Lipinski definition) is 3. The maximum absolute atomic E-state index is 13.6. The third kappa shape index (κ3) is 3.68. The monoisotopic (exact) mass is 412 g/mol. The van der Waals surface area contributed by atoms with Gasteiger partial charge in [-0.2, -0.15) is 0 Å². The lowest BCUT2D eigenvalue weighted by atomic mass is 9.79. The highest BCUT2D eigenvalue weighted by molar-refractivity contribution is 7.93. The van der Waals surface area contributed by atoms with Gasteiger partial charge in [0.2, 0.25) is 9.84 Å². The molecule has 28 heavy (non-hydrogen) atoms. The maximum atomic E-state index is 13.6. The summed E-state index contributed by atoms with van der Waals surface area (Å²) in [6.07, 6.45) is 0. The van der Waals surface area contributed by atoms with E-state index in [0.717, 1.165) is 27.1 Å². The van der Waals surface area contributed by atoms with E-state index in [1.54, 1.807) is 24.3 Å². The van der Waals surface area contributed by atoms with Gasteiger partial charge >= 0.3 is 0 Å². The first-order valence-corrected chi connectivity index (χ1v) is 11.8. The zero-order valence-corrected chi connectivity index (χ0v) is 19.0. The highest BCUT2D eigenvalue weighted by Gasteiger charge is 2.32. The van der Waals surface area contributed by atoms with Crippen molar-refractivity contribution in [3.8, 4) is 11.1 Å². The summed E-state index contributed by atoms with van der Waals surface area (Å²) in [5.74, 6) is 0.250. The van der Waals surface area contributed by atoms with E-state index in [2.05, 4.69) is 34.6 Å². The molecule has 0 aliphatic rings. The summed E-state index contributed by atoms with van der Waals surface area (Å²) in [7, 11) is -3.60. The van der Waals surface area contributed by atoms with Crippen molar-refractivity contribution in [3.05, 3.63) is 70.6 Å². The normalized spacial score (nSPS) is 13.5. The third-order valence-electron chi connectivity index (χ3n) is 5.56. The summed E-state index contributed by atoms with van der Waals surface area (Å²) in [6.45, 7) is 12.9. The van der Waals surface area contributed by atoms with Crippen molar-refractivity contribution >= 4 is 21.2 Å². The van der Waals surface area contributed by atoms with Crippen LogP contribution < -0.4 is 0 Å². The Labute approximate surface area is 173 Å². The van der Waals surface area contributed by atoms with Crippen LogP contribution in [0.3, 0.4) is 0 Å². The van der Waals surface area contributed by atoms with Gasteiger partial charge in [0.05, 0.1) is 4.90 Å². The molecule has 0 N–H and O–H groups in total.